The van der Waals surface area contributed by atoms with Gasteiger partial charge in [-0.15, -0.1) is 0 Å². The van der Waals surface area contributed by atoms with Crippen LogP contribution in [0.1, 0.15) is 24.1 Å². The number of benzene rings is 2. The van der Waals surface area contributed by atoms with E-state index in [1.807, 2.05) is 61.5 Å². The lowest BCUT2D eigenvalue weighted by atomic mass is 10.1. The summed E-state index contributed by atoms with van der Waals surface area (Å²) in [5, 5.41) is 6.65. The van der Waals surface area contributed by atoms with E-state index in [-0.39, 0.29) is 18.6 Å². The molecule has 5 heteroatoms. The highest BCUT2D eigenvalue weighted by molar-refractivity contribution is 9.10. The fourth-order valence-electron chi connectivity index (χ4n) is 1.92. The molecule has 0 spiro atoms. The third-order valence-corrected chi connectivity index (χ3v) is 3.74. The third-order valence-electron chi connectivity index (χ3n) is 3.02. The fraction of sp³-hybridized carbons (Fsp3) is 0.176. The molecule has 22 heavy (non-hydrogen) atoms. The number of carbonyl (C=O) groups is 1. The molecule has 1 atom stereocenters. The van der Waals surface area contributed by atoms with Crippen LogP contribution in [0.3, 0.4) is 0 Å². The summed E-state index contributed by atoms with van der Waals surface area (Å²) in [6, 6.07) is 17.2. The number of hydrogen-bond acceptors (Lipinski definition) is 3. The Morgan fingerprint density at radius 1 is 1.23 bits per heavy atom. The van der Waals surface area contributed by atoms with E-state index in [9.17, 15) is 4.79 Å². The van der Waals surface area contributed by atoms with Crippen molar-refractivity contribution < 1.29 is 9.63 Å². The molecule has 1 amide bonds. The second-order valence-corrected chi connectivity index (χ2v) is 5.58. The van der Waals surface area contributed by atoms with Crippen LogP contribution in [0.15, 0.2) is 64.2 Å². The van der Waals surface area contributed by atoms with Gasteiger partial charge in [-0.05, 0) is 24.1 Å². The van der Waals surface area contributed by atoms with Gasteiger partial charge in [-0.1, -0.05) is 69.6 Å². The smallest absolute Gasteiger partial charge is 0.261 e. The average Bonchev–Trinajstić information content (AvgIpc) is 2.53. The van der Waals surface area contributed by atoms with Gasteiger partial charge in [0.15, 0.2) is 6.61 Å². The largest absolute Gasteiger partial charge is 0.386 e. The van der Waals surface area contributed by atoms with Gasteiger partial charge in [0.1, 0.15) is 0 Å². The molecule has 0 saturated carbocycles. The molecule has 0 unspecified atom stereocenters. The minimum absolute atomic E-state index is 0.107. The highest BCUT2D eigenvalue weighted by atomic mass is 79.9. The van der Waals surface area contributed by atoms with E-state index < -0.39 is 0 Å². The first-order chi connectivity index (χ1) is 10.7. The van der Waals surface area contributed by atoms with Gasteiger partial charge in [0, 0.05) is 4.47 Å². The normalized spacial score (nSPS) is 12.1. The van der Waals surface area contributed by atoms with Crippen molar-refractivity contribution in [1.82, 2.24) is 5.32 Å². The molecule has 2 aromatic carbocycles. The Morgan fingerprint density at radius 3 is 2.64 bits per heavy atom. The molecule has 0 aliphatic heterocycles. The van der Waals surface area contributed by atoms with E-state index in [0.717, 1.165) is 15.6 Å². The molecule has 4 nitrogen and oxygen atoms in total. The summed E-state index contributed by atoms with van der Waals surface area (Å²) in [6.45, 7) is 1.81. The van der Waals surface area contributed by atoms with Crippen molar-refractivity contribution in [2.75, 3.05) is 6.61 Å². The van der Waals surface area contributed by atoms with Crippen LogP contribution in [-0.4, -0.2) is 18.7 Å². The molecule has 0 aromatic heterocycles. The lowest BCUT2D eigenvalue weighted by molar-refractivity contribution is -0.126. The number of hydrogen-bond donors (Lipinski definition) is 1. The van der Waals surface area contributed by atoms with Crippen molar-refractivity contribution in [1.29, 1.82) is 0 Å². The number of rotatable bonds is 6. The first-order valence-electron chi connectivity index (χ1n) is 6.91. The Morgan fingerprint density at radius 2 is 1.91 bits per heavy atom. The van der Waals surface area contributed by atoms with Gasteiger partial charge in [0.05, 0.1) is 12.3 Å². The maximum absolute atomic E-state index is 11.8. The number of nitrogens with zero attached hydrogens (tertiary/aromatic N) is 1. The predicted molar refractivity (Wildman–Crippen MR) is 90.7 cm³/mol. The molecule has 2 rings (SSSR count). The highest BCUT2D eigenvalue weighted by Crippen LogP contribution is 2.22. The summed E-state index contributed by atoms with van der Waals surface area (Å²) >= 11 is 3.47. The summed E-state index contributed by atoms with van der Waals surface area (Å²) < 4.78 is 0.964. The van der Waals surface area contributed by atoms with Crippen molar-refractivity contribution in [2.24, 2.45) is 5.16 Å². The third kappa shape index (κ3) is 5.00. The Labute approximate surface area is 138 Å². The summed E-state index contributed by atoms with van der Waals surface area (Å²) in [5.74, 6) is -0.214. The SMILES string of the molecule is C[C@@H](NC(=O)CO/N=C\c1ccccc1)c1ccccc1Br. The molecule has 0 heterocycles. The Kier molecular flexibility index (Phi) is 6.15. The predicted octanol–water partition coefficient (Wildman–Crippen LogP) is 3.68. The fourth-order valence-corrected chi connectivity index (χ4v) is 2.55. The van der Waals surface area contributed by atoms with E-state index >= 15 is 0 Å². The number of carbonyl (C=O) groups excluding carboxylic acids is 1. The average molecular weight is 361 g/mol. The molecule has 1 N–H and O–H groups in total. The van der Waals surface area contributed by atoms with E-state index in [2.05, 4.69) is 26.4 Å². The Bertz CT molecular complexity index is 644. The number of amides is 1. The second-order valence-electron chi connectivity index (χ2n) is 4.73. The molecule has 0 bridgehead atoms. The zero-order valence-corrected chi connectivity index (χ0v) is 13.8. The zero-order chi connectivity index (χ0) is 15.8. The van der Waals surface area contributed by atoms with Gasteiger partial charge in [0.2, 0.25) is 0 Å². The van der Waals surface area contributed by atoms with E-state index in [1.54, 1.807) is 6.21 Å². The van der Waals surface area contributed by atoms with Crippen LogP contribution in [0.5, 0.6) is 0 Å². The van der Waals surface area contributed by atoms with Crippen molar-refractivity contribution in [3.8, 4) is 0 Å². The van der Waals surface area contributed by atoms with Gasteiger partial charge in [-0.2, -0.15) is 0 Å². The maximum atomic E-state index is 11.8. The summed E-state index contributed by atoms with van der Waals surface area (Å²) in [6.07, 6.45) is 1.57. The maximum Gasteiger partial charge on any atom is 0.261 e. The summed E-state index contributed by atoms with van der Waals surface area (Å²) in [5.41, 5.74) is 1.94. The zero-order valence-electron chi connectivity index (χ0n) is 12.2. The van der Waals surface area contributed by atoms with E-state index in [1.165, 1.54) is 0 Å². The molecule has 0 saturated heterocycles. The first kappa shape index (κ1) is 16.2. The van der Waals surface area contributed by atoms with E-state index in [4.69, 9.17) is 4.84 Å². The molecule has 114 valence electrons. The van der Waals surface area contributed by atoms with Crippen LogP contribution in [0.2, 0.25) is 0 Å². The Hall–Kier alpha value is -2.14. The van der Waals surface area contributed by atoms with Crippen molar-refractivity contribution in [2.45, 2.75) is 13.0 Å². The van der Waals surface area contributed by atoms with Crippen LogP contribution in [0.4, 0.5) is 0 Å². The summed E-state index contributed by atoms with van der Waals surface area (Å²) in [4.78, 5) is 16.8. The molecular formula is C17H17BrN2O2. The van der Waals surface area contributed by atoms with Crippen LogP contribution < -0.4 is 5.32 Å². The first-order valence-corrected chi connectivity index (χ1v) is 7.70. The van der Waals surface area contributed by atoms with Crippen LogP contribution in [-0.2, 0) is 9.63 Å². The minimum Gasteiger partial charge on any atom is -0.386 e. The standard InChI is InChI=1S/C17H17BrN2O2/c1-13(15-9-5-6-10-16(15)18)20-17(21)12-22-19-11-14-7-3-2-4-8-14/h2-11,13H,12H2,1H3,(H,20,21)/b19-11-/t13-/m1/s1. The summed E-state index contributed by atoms with van der Waals surface area (Å²) in [7, 11) is 0. The van der Waals surface area contributed by atoms with Crippen LogP contribution >= 0.6 is 15.9 Å². The number of oxime groups is 1. The molecule has 0 radical (unpaired) electrons. The van der Waals surface area contributed by atoms with Gasteiger partial charge in [-0.25, -0.2) is 0 Å². The lowest BCUT2D eigenvalue weighted by Crippen LogP contribution is -2.29. The monoisotopic (exact) mass is 360 g/mol. The quantitative estimate of drug-likeness (QED) is 0.630. The van der Waals surface area contributed by atoms with Crippen molar-refractivity contribution in [3.05, 3.63) is 70.2 Å². The molecule has 2 aromatic rings. The Balaban J connectivity index is 1.78. The molecular weight excluding hydrogens is 344 g/mol. The van der Waals surface area contributed by atoms with Gasteiger partial charge < -0.3 is 10.2 Å². The number of nitrogens with one attached hydrogen (secondary N) is 1. The highest BCUT2D eigenvalue weighted by Gasteiger charge is 2.11. The molecule has 0 fully saturated rings. The van der Waals surface area contributed by atoms with E-state index in [0.29, 0.717) is 0 Å². The second kappa shape index (κ2) is 8.34. The molecule has 0 aliphatic carbocycles. The van der Waals surface area contributed by atoms with Crippen LogP contribution in [0.25, 0.3) is 0 Å². The number of halogens is 1. The molecule has 0 aliphatic rings. The van der Waals surface area contributed by atoms with Crippen molar-refractivity contribution in [3.63, 3.8) is 0 Å². The topological polar surface area (TPSA) is 50.7 Å². The lowest BCUT2D eigenvalue weighted by Gasteiger charge is -2.15. The van der Waals surface area contributed by atoms with Gasteiger partial charge >= 0.3 is 0 Å². The van der Waals surface area contributed by atoms with Gasteiger partial charge in [-0.3, -0.25) is 4.79 Å². The van der Waals surface area contributed by atoms with Crippen LogP contribution in [0, 0.1) is 0 Å². The minimum atomic E-state index is -0.214. The van der Waals surface area contributed by atoms with Crippen molar-refractivity contribution >= 4 is 28.1 Å². The van der Waals surface area contributed by atoms with Gasteiger partial charge in [0.25, 0.3) is 5.91 Å².